The van der Waals surface area contributed by atoms with Crippen LogP contribution < -0.4 is 0 Å². The van der Waals surface area contributed by atoms with Crippen LogP contribution in [0.25, 0.3) is 10.4 Å². The van der Waals surface area contributed by atoms with Crippen molar-refractivity contribution in [3.05, 3.63) is 44.9 Å². The minimum absolute atomic E-state index is 0.839. The zero-order valence-corrected chi connectivity index (χ0v) is 6.37. The topological polar surface area (TPSA) is 91.9 Å². The Kier molecular flexibility index (Phi) is 2.29. The van der Waals surface area contributed by atoms with Gasteiger partial charge in [0.05, 0.1) is 0 Å². The summed E-state index contributed by atoms with van der Waals surface area (Å²) in [4.78, 5) is 11.7. The van der Waals surface area contributed by atoms with Crippen LogP contribution >= 0.6 is 0 Å². The third kappa shape index (κ3) is 1.65. The molecule has 0 N–H and O–H groups in total. The summed E-state index contributed by atoms with van der Waals surface area (Å²) in [6, 6.07) is -1.65. The molecule has 0 saturated heterocycles. The van der Waals surface area contributed by atoms with E-state index in [1.54, 1.807) is 0 Å². The highest BCUT2D eigenvalue weighted by Gasteiger charge is 2.44. The molecule has 2 atom stereocenters. The van der Waals surface area contributed by atoms with E-state index in [1.165, 1.54) is 12.2 Å². The molecule has 0 bridgehead atoms. The van der Waals surface area contributed by atoms with Crippen LogP contribution in [-0.2, 0) is 0 Å². The van der Waals surface area contributed by atoms with Gasteiger partial charge < -0.3 is 0 Å². The first-order valence-electron chi connectivity index (χ1n) is 3.35. The Bertz CT molecular complexity index is 334. The molecule has 0 spiro atoms. The minimum atomic E-state index is -2.59. The molecule has 1 aliphatic carbocycles. The second kappa shape index (κ2) is 3.24. The second-order valence-electron chi connectivity index (χ2n) is 2.39. The van der Waals surface area contributed by atoms with Crippen molar-refractivity contribution in [1.29, 1.82) is 0 Å². The number of hydrogen-bond donors (Lipinski definition) is 0. The number of allylic oxidation sites excluding steroid dienone is 2. The average molecular weight is 184 g/mol. The quantitative estimate of drug-likeness (QED) is 0.163. The molecule has 0 heterocycles. The molecule has 6 nitrogen and oxygen atoms in total. The summed E-state index contributed by atoms with van der Waals surface area (Å²) in [6.45, 7) is 0. The molecule has 0 aromatic heterocycles. The molecular weight excluding hydrogens is 179 g/mol. The van der Waals surface area contributed by atoms with Crippen molar-refractivity contribution in [2.45, 2.75) is 11.8 Å². The van der Waals surface area contributed by atoms with Crippen molar-refractivity contribution in [2.75, 3.05) is 0 Å². The van der Waals surface area contributed by atoms with Crippen molar-refractivity contribution in [2.24, 2.45) is 5.11 Å². The van der Waals surface area contributed by atoms with Gasteiger partial charge in [0.1, 0.15) is 0 Å². The van der Waals surface area contributed by atoms with Crippen LogP contribution in [0.4, 0.5) is 4.39 Å². The summed E-state index contributed by atoms with van der Waals surface area (Å²) < 4.78 is 13.5. The fourth-order valence-electron chi connectivity index (χ4n) is 0.973. The maximum absolute atomic E-state index is 13.5. The summed E-state index contributed by atoms with van der Waals surface area (Å²) in [5, 5.41) is 13.1. The SMILES string of the molecule is [N-]=[N+]=NC1(F)C=CC=CC1[N+](=O)[O-]. The molecule has 2 unspecified atom stereocenters. The Morgan fingerprint density at radius 2 is 2.38 bits per heavy atom. The Hall–Kier alpha value is -1.88. The predicted octanol–water partition coefficient (Wildman–Crippen LogP) is 1.73. The van der Waals surface area contributed by atoms with Crippen LogP contribution in [-0.4, -0.2) is 16.8 Å². The van der Waals surface area contributed by atoms with Gasteiger partial charge in [0.15, 0.2) is 0 Å². The van der Waals surface area contributed by atoms with Crippen molar-refractivity contribution in [3.63, 3.8) is 0 Å². The summed E-state index contributed by atoms with van der Waals surface area (Å²) in [5.41, 5.74) is 8.02. The van der Waals surface area contributed by atoms with Crippen LogP contribution in [0.2, 0.25) is 0 Å². The van der Waals surface area contributed by atoms with Crippen LogP contribution in [0.3, 0.4) is 0 Å². The van der Waals surface area contributed by atoms with Crippen LogP contribution in [0.5, 0.6) is 0 Å². The number of hydrogen-bond acceptors (Lipinski definition) is 3. The summed E-state index contributed by atoms with van der Waals surface area (Å²) in [7, 11) is 0. The first-order chi connectivity index (χ1) is 6.10. The lowest BCUT2D eigenvalue weighted by Gasteiger charge is -2.19. The molecule has 1 rings (SSSR count). The standard InChI is InChI=1S/C6H5FN4O2/c7-6(9-10-8)4-2-1-3-5(6)11(12)13/h1-5H. The Morgan fingerprint density at radius 3 is 2.92 bits per heavy atom. The van der Waals surface area contributed by atoms with E-state index in [2.05, 4.69) is 10.0 Å². The molecule has 7 heteroatoms. The Labute approximate surface area is 72.1 Å². The highest BCUT2D eigenvalue weighted by atomic mass is 19.1. The van der Waals surface area contributed by atoms with Crippen LogP contribution in [0, 0.1) is 10.1 Å². The maximum atomic E-state index is 13.5. The third-order valence-corrected chi connectivity index (χ3v) is 1.57. The highest BCUT2D eigenvalue weighted by Crippen LogP contribution is 2.26. The van der Waals surface area contributed by atoms with Gasteiger partial charge in [-0.15, -0.1) is 0 Å². The van der Waals surface area contributed by atoms with Crippen molar-refractivity contribution < 1.29 is 9.31 Å². The van der Waals surface area contributed by atoms with Crippen molar-refractivity contribution in [1.82, 2.24) is 0 Å². The fourth-order valence-corrected chi connectivity index (χ4v) is 0.973. The second-order valence-corrected chi connectivity index (χ2v) is 2.39. The van der Waals surface area contributed by atoms with Gasteiger partial charge in [0, 0.05) is 9.84 Å². The Balaban J connectivity index is 3.07. The summed E-state index contributed by atoms with van der Waals surface area (Å²) in [5.74, 6) is -2.59. The van der Waals surface area contributed by atoms with Gasteiger partial charge in [0.25, 0.3) is 11.8 Å². The largest absolute Gasteiger partial charge is 0.277 e. The molecule has 0 aliphatic heterocycles. The van der Waals surface area contributed by atoms with Gasteiger partial charge in [0.2, 0.25) is 0 Å². The van der Waals surface area contributed by atoms with E-state index in [0.717, 1.165) is 12.2 Å². The molecule has 68 valence electrons. The van der Waals surface area contributed by atoms with E-state index in [1.807, 2.05) is 0 Å². The lowest BCUT2D eigenvalue weighted by Crippen LogP contribution is -2.39. The molecular formula is C6H5FN4O2. The zero-order valence-electron chi connectivity index (χ0n) is 6.37. The number of azide groups is 1. The molecule has 1 aliphatic rings. The predicted molar refractivity (Wildman–Crippen MR) is 42.0 cm³/mol. The van der Waals surface area contributed by atoms with Gasteiger partial charge in [-0.1, -0.05) is 12.2 Å². The normalized spacial score (nSPS) is 31.0. The summed E-state index contributed by atoms with van der Waals surface area (Å²) in [6.07, 6.45) is 4.49. The van der Waals surface area contributed by atoms with Crippen molar-refractivity contribution >= 4 is 0 Å². The average Bonchev–Trinajstić information content (AvgIpc) is 2.04. The minimum Gasteiger partial charge on any atom is -0.264 e. The van der Waals surface area contributed by atoms with Crippen molar-refractivity contribution in [3.8, 4) is 0 Å². The number of nitrogens with zero attached hydrogens (tertiary/aromatic N) is 4. The van der Waals surface area contributed by atoms with Crippen LogP contribution in [0.15, 0.2) is 29.4 Å². The monoisotopic (exact) mass is 184 g/mol. The first-order valence-corrected chi connectivity index (χ1v) is 3.35. The van der Waals surface area contributed by atoms with Gasteiger partial charge in [-0.05, 0) is 22.8 Å². The molecule has 0 radical (unpaired) electrons. The molecule has 13 heavy (non-hydrogen) atoms. The first kappa shape index (κ1) is 9.21. The third-order valence-electron chi connectivity index (χ3n) is 1.57. The molecule has 0 amide bonds. The van der Waals surface area contributed by atoms with Gasteiger partial charge in [-0.3, -0.25) is 10.1 Å². The van der Waals surface area contributed by atoms with E-state index >= 15 is 0 Å². The molecule has 0 fully saturated rings. The lowest BCUT2D eigenvalue weighted by atomic mass is 10.0. The Morgan fingerprint density at radius 1 is 1.69 bits per heavy atom. The summed E-state index contributed by atoms with van der Waals surface area (Å²) >= 11 is 0. The van der Waals surface area contributed by atoms with E-state index in [0.29, 0.717) is 0 Å². The molecule has 0 saturated carbocycles. The van der Waals surface area contributed by atoms with E-state index in [4.69, 9.17) is 5.53 Å². The zero-order chi connectivity index (χ0) is 9.90. The number of nitro groups is 1. The number of alkyl halides is 1. The lowest BCUT2D eigenvalue weighted by molar-refractivity contribution is -0.524. The van der Waals surface area contributed by atoms with Gasteiger partial charge in [-0.2, -0.15) is 0 Å². The van der Waals surface area contributed by atoms with Gasteiger partial charge >= 0.3 is 0 Å². The number of rotatable bonds is 2. The smallest absolute Gasteiger partial charge is 0.264 e. The van der Waals surface area contributed by atoms with Crippen LogP contribution in [0.1, 0.15) is 0 Å². The number of halogens is 1. The maximum Gasteiger partial charge on any atom is 0.277 e. The molecule has 0 aromatic carbocycles. The van der Waals surface area contributed by atoms with Gasteiger partial charge in [-0.25, -0.2) is 4.39 Å². The highest BCUT2D eigenvalue weighted by molar-refractivity contribution is 5.22. The van der Waals surface area contributed by atoms with E-state index < -0.39 is 16.8 Å². The van der Waals surface area contributed by atoms with E-state index in [9.17, 15) is 14.5 Å². The molecule has 0 aromatic rings. The van der Waals surface area contributed by atoms with E-state index in [-0.39, 0.29) is 0 Å². The fraction of sp³-hybridized carbons (Fsp3) is 0.333.